The molecule has 1 aliphatic carbocycles. The highest BCUT2D eigenvalue weighted by Gasteiger charge is 2.44. The summed E-state index contributed by atoms with van der Waals surface area (Å²) >= 11 is 0. The SMILES string of the molecule is CC.CCOCC12CCCCC1CCCOO2. The number of rotatable bonds is 3. The number of hydrogen-bond donors (Lipinski definition) is 0. The fourth-order valence-corrected chi connectivity index (χ4v) is 2.84. The van der Waals surface area contributed by atoms with E-state index in [9.17, 15) is 0 Å². The minimum Gasteiger partial charge on any atom is -0.379 e. The Morgan fingerprint density at radius 1 is 1.18 bits per heavy atom. The first-order valence-corrected chi connectivity index (χ1v) is 7.26. The van der Waals surface area contributed by atoms with Crippen molar-refractivity contribution in [3.8, 4) is 0 Å². The van der Waals surface area contributed by atoms with Gasteiger partial charge in [-0.3, -0.25) is 0 Å². The summed E-state index contributed by atoms with van der Waals surface area (Å²) in [6.45, 7) is 8.24. The molecule has 2 unspecified atom stereocenters. The molecule has 2 aliphatic rings. The minimum atomic E-state index is -0.134. The second-order valence-electron chi connectivity index (χ2n) is 4.69. The van der Waals surface area contributed by atoms with Crippen molar-refractivity contribution in [2.45, 2.75) is 64.9 Å². The van der Waals surface area contributed by atoms with E-state index in [-0.39, 0.29) is 5.60 Å². The van der Waals surface area contributed by atoms with Crippen molar-refractivity contribution < 1.29 is 14.5 Å². The van der Waals surface area contributed by atoms with E-state index in [1.54, 1.807) is 0 Å². The van der Waals surface area contributed by atoms with Crippen molar-refractivity contribution in [1.82, 2.24) is 0 Å². The maximum absolute atomic E-state index is 5.67. The first-order chi connectivity index (χ1) is 8.37. The molecule has 17 heavy (non-hydrogen) atoms. The second-order valence-corrected chi connectivity index (χ2v) is 4.69. The molecule has 0 aromatic carbocycles. The normalized spacial score (nSPS) is 33.0. The average Bonchev–Trinajstić information content (AvgIpc) is 2.61. The smallest absolute Gasteiger partial charge is 0.129 e. The Balaban J connectivity index is 0.000000686. The molecule has 1 heterocycles. The zero-order valence-corrected chi connectivity index (χ0v) is 11.7. The molecule has 102 valence electrons. The molecule has 0 aromatic rings. The van der Waals surface area contributed by atoms with Crippen molar-refractivity contribution in [2.75, 3.05) is 19.8 Å². The molecule has 0 bridgehead atoms. The summed E-state index contributed by atoms with van der Waals surface area (Å²) in [6, 6.07) is 0. The molecular formula is C14H28O3. The Morgan fingerprint density at radius 2 is 1.94 bits per heavy atom. The van der Waals surface area contributed by atoms with Crippen LogP contribution < -0.4 is 0 Å². The maximum Gasteiger partial charge on any atom is 0.129 e. The van der Waals surface area contributed by atoms with Gasteiger partial charge < -0.3 is 4.74 Å². The summed E-state index contributed by atoms with van der Waals surface area (Å²) in [7, 11) is 0. The van der Waals surface area contributed by atoms with E-state index in [1.165, 1.54) is 25.7 Å². The number of fused-ring (bicyclic) bond motifs is 1. The third-order valence-corrected chi connectivity index (χ3v) is 3.70. The molecule has 1 saturated carbocycles. The van der Waals surface area contributed by atoms with Gasteiger partial charge in [0.15, 0.2) is 0 Å². The second kappa shape index (κ2) is 8.06. The van der Waals surface area contributed by atoms with Crippen molar-refractivity contribution in [3.63, 3.8) is 0 Å². The molecular weight excluding hydrogens is 216 g/mol. The molecule has 3 heteroatoms. The Morgan fingerprint density at radius 3 is 2.71 bits per heavy atom. The molecule has 1 aliphatic heterocycles. The van der Waals surface area contributed by atoms with Gasteiger partial charge in [-0.1, -0.05) is 26.7 Å². The Hall–Kier alpha value is -0.120. The van der Waals surface area contributed by atoms with Gasteiger partial charge in [0.25, 0.3) is 0 Å². The topological polar surface area (TPSA) is 27.7 Å². The molecule has 0 radical (unpaired) electrons. The Kier molecular flexibility index (Phi) is 7.09. The van der Waals surface area contributed by atoms with Crippen LogP contribution in [0.3, 0.4) is 0 Å². The van der Waals surface area contributed by atoms with E-state index in [2.05, 4.69) is 0 Å². The predicted molar refractivity (Wildman–Crippen MR) is 68.8 cm³/mol. The fraction of sp³-hybridized carbons (Fsp3) is 1.00. The number of hydrogen-bond acceptors (Lipinski definition) is 3. The van der Waals surface area contributed by atoms with Gasteiger partial charge in [0.2, 0.25) is 0 Å². The third kappa shape index (κ3) is 3.94. The lowest BCUT2D eigenvalue weighted by Gasteiger charge is -2.40. The van der Waals surface area contributed by atoms with Crippen molar-refractivity contribution in [1.29, 1.82) is 0 Å². The monoisotopic (exact) mass is 244 g/mol. The van der Waals surface area contributed by atoms with E-state index >= 15 is 0 Å². The zero-order chi connectivity index (χ0) is 12.6. The van der Waals surface area contributed by atoms with Gasteiger partial charge in [-0.15, -0.1) is 0 Å². The average molecular weight is 244 g/mol. The van der Waals surface area contributed by atoms with Gasteiger partial charge in [-0.05, 0) is 38.5 Å². The molecule has 3 nitrogen and oxygen atoms in total. The van der Waals surface area contributed by atoms with E-state index in [0.717, 1.165) is 26.1 Å². The lowest BCUT2D eigenvalue weighted by molar-refractivity contribution is -0.377. The molecule has 0 amide bonds. The predicted octanol–water partition coefficient (Wildman–Crippen LogP) is 3.72. The standard InChI is InChI=1S/C12H22O3.C2H6/c1-2-13-10-12-8-4-3-6-11(12)7-5-9-14-15-12;1-2/h11H,2-10H2,1H3;1-2H3. The molecule has 1 saturated heterocycles. The van der Waals surface area contributed by atoms with E-state index < -0.39 is 0 Å². The van der Waals surface area contributed by atoms with Gasteiger partial charge in [-0.2, -0.15) is 0 Å². The molecule has 2 atom stereocenters. The van der Waals surface area contributed by atoms with Gasteiger partial charge in [-0.25, -0.2) is 9.78 Å². The van der Waals surface area contributed by atoms with Crippen molar-refractivity contribution >= 4 is 0 Å². The van der Waals surface area contributed by atoms with Crippen LogP contribution in [0.4, 0.5) is 0 Å². The largest absolute Gasteiger partial charge is 0.379 e. The summed E-state index contributed by atoms with van der Waals surface area (Å²) in [5, 5.41) is 0. The maximum atomic E-state index is 5.67. The van der Waals surface area contributed by atoms with Crippen molar-refractivity contribution in [2.24, 2.45) is 5.92 Å². The van der Waals surface area contributed by atoms with Crippen LogP contribution in [0.25, 0.3) is 0 Å². The molecule has 0 N–H and O–H groups in total. The van der Waals surface area contributed by atoms with Crippen LogP contribution in [0.2, 0.25) is 0 Å². The Bertz CT molecular complexity index is 196. The molecule has 2 rings (SSSR count). The van der Waals surface area contributed by atoms with Crippen LogP contribution >= 0.6 is 0 Å². The summed E-state index contributed by atoms with van der Waals surface area (Å²) in [5.74, 6) is 0.639. The van der Waals surface area contributed by atoms with Crippen LogP contribution in [-0.4, -0.2) is 25.4 Å². The van der Waals surface area contributed by atoms with Crippen LogP contribution in [-0.2, 0) is 14.5 Å². The fourth-order valence-electron chi connectivity index (χ4n) is 2.84. The lowest BCUT2D eigenvalue weighted by atomic mass is 9.74. The first-order valence-electron chi connectivity index (χ1n) is 7.26. The lowest BCUT2D eigenvalue weighted by Crippen LogP contribution is -2.46. The summed E-state index contributed by atoms with van der Waals surface area (Å²) in [6.07, 6.45) is 7.30. The van der Waals surface area contributed by atoms with Crippen molar-refractivity contribution in [3.05, 3.63) is 0 Å². The highest BCUT2D eigenvalue weighted by molar-refractivity contribution is 4.91. The van der Waals surface area contributed by atoms with E-state index in [0.29, 0.717) is 12.5 Å². The van der Waals surface area contributed by atoms with Gasteiger partial charge in [0.1, 0.15) is 5.60 Å². The van der Waals surface area contributed by atoms with Crippen LogP contribution in [0, 0.1) is 5.92 Å². The van der Waals surface area contributed by atoms with E-state index in [1.807, 2.05) is 20.8 Å². The van der Waals surface area contributed by atoms with E-state index in [4.69, 9.17) is 14.5 Å². The highest BCUT2D eigenvalue weighted by Crippen LogP contribution is 2.41. The minimum absolute atomic E-state index is 0.134. The summed E-state index contributed by atoms with van der Waals surface area (Å²) in [4.78, 5) is 11.0. The first kappa shape index (κ1) is 14.9. The van der Waals surface area contributed by atoms with Gasteiger partial charge in [0.05, 0.1) is 13.2 Å². The van der Waals surface area contributed by atoms with Crippen LogP contribution in [0.1, 0.15) is 59.3 Å². The molecule has 0 aromatic heterocycles. The van der Waals surface area contributed by atoms with Gasteiger partial charge >= 0.3 is 0 Å². The quantitative estimate of drug-likeness (QED) is 0.708. The Labute approximate surface area is 106 Å². The molecule has 2 fully saturated rings. The molecule has 0 spiro atoms. The zero-order valence-electron chi connectivity index (χ0n) is 11.7. The number of ether oxygens (including phenoxy) is 1. The highest BCUT2D eigenvalue weighted by atomic mass is 17.2. The van der Waals surface area contributed by atoms with Gasteiger partial charge in [0, 0.05) is 6.61 Å². The summed E-state index contributed by atoms with van der Waals surface area (Å²) in [5.41, 5.74) is -0.134. The van der Waals surface area contributed by atoms with Crippen LogP contribution in [0.15, 0.2) is 0 Å². The third-order valence-electron chi connectivity index (χ3n) is 3.70. The summed E-state index contributed by atoms with van der Waals surface area (Å²) < 4.78 is 5.58. The van der Waals surface area contributed by atoms with Crippen LogP contribution in [0.5, 0.6) is 0 Å².